The van der Waals surface area contributed by atoms with Crippen molar-refractivity contribution in [3.63, 3.8) is 0 Å². The van der Waals surface area contributed by atoms with E-state index in [0.29, 0.717) is 18.1 Å². The van der Waals surface area contributed by atoms with Gasteiger partial charge < -0.3 is 16.2 Å². The van der Waals surface area contributed by atoms with Gasteiger partial charge in [-0.25, -0.2) is 13.2 Å². The van der Waals surface area contributed by atoms with Crippen LogP contribution in [0.5, 0.6) is 0 Å². The van der Waals surface area contributed by atoms with Crippen molar-refractivity contribution in [3.8, 4) is 11.1 Å². The molecule has 2 aromatic carbocycles. The SMILES string of the molecule is NC(=O)c1cc(-c2cccnc2[C@H](Cc2cc(F)cc(F)c2)NC(=O)Cn2nc(C(F)(F)F)c3c2[C@@H](O)[C@@H]2C[C@H]32)ccc1F. The summed E-state index contributed by atoms with van der Waals surface area (Å²) in [6, 6.07) is 8.30. The van der Waals surface area contributed by atoms with Gasteiger partial charge in [0, 0.05) is 23.4 Å². The molecular weight excluding hydrogens is 592 g/mol. The number of carbonyl (C=O) groups is 2. The largest absolute Gasteiger partial charge is 0.435 e. The highest BCUT2D eigenvalue weighted by Crippen LogP contribution is 2.63. The zero-order valence-corrected chi connectivity index (χ0v) is 22.6. The maximum absolute atomic E-state index is 14.2. The number of halogens is 6. The average Bonchev–Trinajstić information content (AvgIpc) is 3.56. The summed E-state index contributed by atoms with van der Waals surface area (Å²) in [6.45, 7) is -0.701. The number of nitrogens with two attached hydrogens (primary N) is 1. The molecule has 2 aliphatic carbocycles. The maximum atomic E-state index is 14.2. The summed E-state index contributed by atoms with van der Waals surface area (Å²) in [5, 5.41) is 16.9. The van der Waals surface area contributed by atoms with Crippen molar-refractivity contribution in [3.05, 3.63) is 106 Å². The normalized spacial score (nSPS) is 19.3. The number of hydrogen-bond acceptors (Lipinski definition) is 5. The minimum absolute atomic E-state index is 0.0682. The van der Waals surface area contributed by atoms with E-state index in [-0.39, 0.29) is 40.4 Å². The van der Waals surface area contributed by atoms with Crippen LogP contribution in [-0.4, -0.2) is 31.7 Å². The molecule has 4 aromatic rings. The standard InChI is InChI=1S/C30H23F6N5O3/c31-15-6-13(7-16(32)10-15)8-22(25-17(2-1-5-38-25)14-3-4-21(33)20(9-14)29(37)44)39-23(42)12-41-26-24(18-11-19(18)27(26)43)28(40-41)30(34,35)36/h1-7,9-10,18-19,22,27,43H,8,11-12H2,(H2,37,44)(H,39,42)/t18-,19+,22-,27-/m0/s1. The fourth-order valence-electron chi connectivity index (χ4n) is 5.97. The number of rotatable bonds is 8. The van der Waals surface area contributed by atoms with E-state index in [9.17, 15) is 41.0 Å². The minimum Gasteiger partial charge on any atom is -0.386 e. The summed E-state index contributed by atoms with van der Waals surface area (Å²) in [5.74, 6) is -5.33. The zero-order valence-electron chi connectivity index (χ0n) is 22.6. The Hall–Kier alpha value is -4.72. The first-order valence-corrected chi connectivity index (χ1v) is 13.5. The van der Waals surface area contributed by atoms with Crippen molar-refractivity contribution in [2.75, 3.05) is 0 Å². The lowest BCUT2D eigenvalue weighted by atomic mass is 9.94. The maximum Gasteiger partial charge on any atom is 0.435 e. The molecule has 6 rings (SSSR count). The van der Waals surface area contributed by atoms with Crippen LogP contribution >= 0.6 is 0 Å². The van der Waals surface area contributed by atoms with Gasteiger partial charge in [0.2, 0.25) is 5.91 Å². The third-order valence-corrected chi connectivity index (χ3v) is 7.90. The van der Waals surface area contributed by atoms with E-state index in [1.807, 2.05) is 0 Å². The predicted molar refractivity (Wildman–Crippen MR) is 142 cm³/mol. The van der Waals surface area contributed by atoms with Crippen LogP contribution in [0.1, 0.15) is 63.1 Å². The van der Waals surface area contributed by atoms with Gasteiger partial charge in [-0.2, -0.15) is 18.3 Å². The first-order chi connectivity index (χ1) is 20.8. The Bertz CT molecular complexity index is 1790. The topological polar surface area (TPSA) is 123 Å². The highest BCUT2D eigenvalue weighted by Gasteiger charge is 2.58. The van der Waals surface area contributed by atoms with Gasteiger partial charge in [0.05, 0.1) is 29.1 Å². The second-order valence-corrected chi connectivity index (χ2v) is 10.9. The van der Waals surface area contributed by atoms with E-state index in [1.54, 1.807) is 6.07 Å². The van der Waals surface area contributed by atoms with Crippen LogP contribution in [0.2, 0.25) is 0 Å². The molecule has 2 heterocycles. The highest BCUT2D eigenvalue weighted by atomic mass is 19.4. The molecule has 4 atom stereocenters. The number of carbonyl (C=O) groups excluding carboxylic acids is 2. The lowest BCUT2D eigenvalue weighted by Crippen LogP contribution is -2.34. The van der Waals surface area contributed by atoms with Crippen LogP contribution in [0.3, 0.4) is 0 Å². The monoisotopic (exact) mass is 615 g/mol. The Morgan fingerprint density at radius 3 is 2.50 bits per heavy atom. The molecule has 0 aliphatic heterocycles. The van der Waals surface area contributed by atoms with Gasteiger partial charge in [-0.1, -0.05) is 12.1 Å². The molecule has 2 aliphatic rings. The number of aliphatic hydroxyl groups excluding tert-OH is 1. The molecule has 2 amide bonds. The minimum atomic E-state index is -4.80. The molecule has 2 aromatic heterocycles. The molecule has 0 bridgehead atoms. The van der Waals surface area contributed by atoms with Gasteiger partial charge in [-0.15, -0.1) is 0 Å². The second-order valence-electron chi connectivity index (χ2n) is 10.9. The number of amides is 2. The van der Waals surface area contributed by atoms with Gasteiger partial charge in [-0.3, -0.25) is 19.3 Å². The van der Waals surface area contributed by atoms with E-state index in [1.165, 1.54) is 24.4 Å². The second kappa shape index (κ2) is 10.8. The van der Waals surface area contributed by atoms with Crippen molar-refractivity contribution in [2.24, 2.45) is 11.7 Å². The number of aliphatic hydroxyl groups is 1. The number of alkyl halides is 3. The van der Waals surface area contributed by atoms with Gasteiger partial charge in [0.15, 0.2) is 5.69 Å². The predicted octanol–water partition coefficient (Wildman–Crippen LogP) is 4.73. The summed E-state index contributed by atoms with van der Waals surface area (Å²) in [6.07, 6.45) is -4.45. The number of fused-ring (bicyclic) bond motifs is 3. The van der Waals surface area contributed by atoms with Crippen molar-refractivity contribution in [2.45, 2.75) is 43.6 Å². The van der Waals surface area contributed by atoms with E-state index < -0.39 is 71.3 Å². The van der Waals surface area contributed by atoms with Crippen molar-refractivity contribution < 1.29 is 41.0 Å². The summed E-state index contributed by atoms with van der Waals surface area (Å²) in [7, 11) is 0. The molecule has 1 saturated carbocycles. The zero-order chi connectivity index (χ0) is 31.5. The molecule has 0 unspecified atom stereocenters. The van der Waals surface area contributed by atoms with Gasteiger partial charge >= 0.3 is 6.18 Å². The lowest BCUT2D eigenvalue weighted by molar-refractivity contribution is -0.142. The van der Waals surface area contributed by atoms with Crippen molar-refractivity contribution in [1.82, 2.24) is 20.1 Å². The Labute approximate surface area is 245 Å². The van der Waals surface area contributed by atoms with Crippen molar-refractivity contribution >= 4 is 11.8 Å². The fourth-order valence-corrected chi connectivity index (χ4v) is 5.97. The van der Waals surface area contributed by atoms with Crippen LogP contribution in [-0.2, 0) is 23.9 Å². The first kappa shape index (κ1) is 29.4. The lowest BCUT2D eigenvalue weighted by Gasteiger charge is -2.22. The Morgan fingerprint density at radius 2 is 1.82 bits per heavy atom. The fraction of sp³-hybridized carbons (Fsp3) is 0.267. The van der Waals surface area contributed by atoms with Crippen LogP contribution in [0.15, 0.2) is 54.7 Å². The quantitative estimate of drug-likeness (QED) is 0.248. The third kappa shape index (κ3) is 5.41. The summed E-state index contributed by atoms with van der Waals surface area (Å²) >= 11 is 0. The smallest absolute Gasteiger partial charge is 0.386 e. The molecule has 0 spiro atoms. The Balaban J connectivity index is 1.37. The summed E-state index contributed by atoms with van der Waals surface area (Å²) in [5.41, 5.74) is 4.43. The highest BCUT2D eigenvalue weighted by molar-refractivity contribution is 5.94. The van der Waals surface area contributed by atoms with Gasteiger partial charge in [0.25, 0.3) is 5.91 Å². The van der Waals surface area contributed by atoms with E-state index >= 15 is 0 Å². The molecule has 44 heavy (non-hydrogen) atoms. The molecule has 1 fully saturated rings. The number of pyridine rings is 1. The molecule has 0 saturated heterocycles. The number of hydrogen-bond donors (Lipinski definition) is 3. The number of nitrogens with zero attached hydrogens (tertiary/aromatic N) is 3. The molecular formula is C30H23F6N5O3. The van der Waals surface area contributed by atoms with E-state index in [2.05, 4.69) is 15.4 Å². The van der Waals surface area contributed by atoms with E-state index in [4.69, 9.17) is 5.73 Å². The van der Waals surface area contributed by atoms with Gasteiger partial charge in [-0.05, 0) is 66.1 Å². The number of primary amides is 1. The number of benzene rings is 2. The summed E-state index contributed by atoms with van der Waals surface area (Å²) < 4.78 is 84.6. The van der Waals surface area contributed by atoms with Crippen LogP contribution < -0.4 is 11.1 Å². The van der Waals surface area contributed by atoms with E-state index in [0.717, 1.165) is 22.9 Å². The molecule has 0 radical (unpaired) electrons. The number of nitrogens with one attached hydrogen (secondary N) is 1. The summed E-state index contributed by atoms with van der Waals surface area (Å²) in [4.78, 5) is 29.5. The van der Waals surface area contributed by atoms with Crippen LogP contribution in [0, 0.1) is 23.4 Å². The average molecular weight is 616 g/mol. The first-order valence-electron chi connectivity index (χ1n) is 13.5. The number of aromatic nitrogens is 3. The third-order valence-electron chi connectivity index (χ3n) is 7.90. The van der Waals surface area contributed by atoms with Crippen LogP contribution in [0.4, 0.5) is 26.3 Å². The Morgan fingerprint density at radius 1 is 1.09 bits per heavy atom. The molecule has 14 heteroatoms. The van der Waals surface area contributed by atoms with Crippen molar-refractivity contribution in [1.29, 1.82) is 0 Å². The van der Waals surface area contributed by atoms with Gasteiger partial charge in [0.1, 0.15) is 24.0 Å². The molecule has 228 valence electrons. The molecule has 4 N–H and O–H groups in total. The molecule has 8 nitrogen and oxygen atoms in total. The Kier molecular flexibility index (Phi) is 7.19. The van der Waals surface area contributed by atoms with Crippen LogP contribution in [0.25, 0.3) is 11.1 Å².